The van der Waals surface area contributed by atoms with Gasteiger partial charge in [-0.1, -0.05) is 17.8 Å². The Balaban J connectivity index is 1.53. The van der Waals surface area contributed by atoms with Gasteiger partial charge < -0.3 is 19.4 Å². The zero-order chi connectivity index (χ0) is 22.4. The lowest BCUT2D eigenvalue weighted by Gasteiger charge is -2.10. The van der Waals surface area contributed by atoms with E-state index in [2.05, 4.69) is 15.5 Å². The third-order valence-electron chi connectivity index (χ3n) is 4.16. The van der Waals surface area contributed by atoms with Crippen molar-refractivity contribution < 1.29 is 27.4 Å². The number of thioether (sulfide) groups is 1. The molecule has 3 aromatic rings. The molecule has 0 saturated heterocycles. The van der Waals surface area contributed by atoms with Gasteiger partial charge >= 0.3 is 6.18 Å². The number of amides is 1. The number of carbonyl (C=O) groups excluding carboxylic acids is 1. The van der Waals surface area contributed by atoms with Crippen LogP contribution in [-0.2, 0) is 24.6 Å². The molecule has 164 valence electrons. The number of anilines is 1. The van der Waals surface area contributed by atoms with Gasteiger partial charge in [0.05, 0.1) is 18.4 Å². The van der Waals surface area contributed by atoms with E-state index >= 15 is 0 Å². The summed E-state index contributed by atoms with van der Waals surface area (Å²) in [5.41, 5.74) is -0.151. The molecule has 0 aliphatic heterocycles. The highest BCUT2D eigenvalue weighted by molar-refractivity contribution is 7.99. The second kappa shape index (κ2) is 9.73. The minimum atomic E-state index is -4.44. The summed E-state index contributed by atoms with van der Waals surface area (Å²) in [6, 6.07) is 11.5. The van der Waals surface area contributed by atoms with Crippen LogP contribution in [0.5, 0.6) is 11.5 Å². The van der Waals surface area contributed by atoms with Crippen molar-refractivity contribution in [1.82, 2.24) is 14.8 Å². The molecule has 0 atom stereocenters. The van der Waals surface area contributed by atoms with Crippen LogP contribution in [0.4, 0.5) is 18.9 Å². The molecule has 7 nitrogen and oxygen atoms in total. The number of nitrogens with zero attached hydrogens (tertiary/aromatic N) is 3. The Labute approximate surface area is 180 Å². The summed E-state index contributed by atoms with van der Waals surface area (Å²) in [7, 11) is 3.25. The van der Waals surface area contributed by atoms with Crippen LogP contribution in [0.3, 0.4) is 0 Å². The number of hydrogen-bond donors (Lipinski definition) is 1. The van der Waals surface area contributed by atoms with E-state index in [4.69, 9.17) is 9.47 Å². The molecule has 0 bridgehead atoms. The van der Waals surface area contributed by atoms with Gasteiger partial charge in [-0.25, -0.2) is 0 Å². The molecule has 0 spiro atoms. The van der Waals surface area contributed by atoms with Crippen molar-refractivity contribution in [3.05, 3.63) is 59.9 Å². The maximum absolute atomic E-state index is 12.8. The van der Waals surface area contributed by atoms with Crippen LogP contribution in [0.2, 0.25) is 0 Å². The fourth-order valence-electron chi connectivity index (χ4n) is 2.51. The Morgan fingerprint density at radius 1 is 1.13 bits per heavy atom. The average Bonchev–Trinajstić information content (AvgIpc) is 3.10. The predicted octanol–water partition coefficient (Wildman–Crippen LogP) is 4.15. The zero-order valence-corrected chi connectivity index (χ0v) is 17.5. The summed E-state index contributed by atoms with van der Waals surface area (Å²) in [5, 5.41) is 11.2. The maximum atomic E-state index is 12.8. The van der Waals surface area contributed by atoms with Gasteiger partial charge in [-0.15, -0.1) is 10.2 Å². The second-order valence-corrected chi connectivity index (χ2v) is 7.28. The van der Waals surface area contributed by atoms with Crippen molar-refractivity contribution in [2.45, 2.75) is 17.9 Å². The molecule has 11 heteroatoms. The summed E-state index contributed by atoms with van der Waals surface area (Å²) in [6.45, 7) is -0.0661. The molecule has 2 aromatic carbocycles. The molecule has 0 aliphatic carbocycles. The third kappa shape index (κ3) is 6.14. The van der Waals surface area contributed by atoms with Gasteiger partial charge in [0.1, 0.15) is 18.1 Å². The van der Waals surface area contributed by atoms with Crippen LogP contribution in [0, 0.1) is 0 Å². The number of rotatable bonds is 8. The molecule has 0 radical (unpaired) electrons. The molecule has 31 heavy (non-hydrogen) atoms. The van der Waals surface area contributed by atoms with E-state index in [0.717, 1.165) is 12.1 Å². The maximum Gasteiger partial charge on any atom is 0.416 e. The number of halogens is 3. The van der Waals surface area contributed by atoms with E-state index in [1.54, 1.807) is 43.0 Å². The van der Waals surface area contributed by atoms with Gasteiger partial charge in [0, 0.05) is 12.7 Å². The van der Waals surface area contributed by atoms with Gasteiger partial charge in [0.25, 0.3) is 0 Å². The Morgan fingerprint density at radius 2 is 1.87 bits per heavy atom. The first-order chi connectivity index (χ1) is 14.8. The fourth-order valence-corrected chi connectivity index (χ4v) is 3.24. The van der Waals surface area contributed by atoms with E-state index < -0.39 is 11.7 Å². The smallest absolute Gasteiger partial charge is 0.416 e. The largest absolute Gasteiger partial charge is 0.497 e. The summed E-state index contributed by atoms with van der Waals surface area (Å²) < 4.78 is 50.5. The molecule has 1 aromatic heterocycles. The molecular formula is C20H19F3N4O3S. The minimum absolute atomic E-state index is 0.0661. The highest BCUT2D eigenvalue weighted by atomic mass is 32.2. The first kappa shape index (κ1) is 22.5. The minimum Gasteiger partial charge on any atom is -0.497 e. The highest BCUT2D eigenvalue weighted by Gasteiger charge is 2.30. The van der Waals surface area contributed by atoms with Crippen LogP contribution in [0.1, 0.15) is 11.4 Å². The Bertz CT molecular complexity index is 1040. The predicted molar refractivity (Wildman–Crippen MR) is 109 cm³/mol. The van der Waals surface area contributed by atoms with Crippen LogP contribution >= 0.6 is 11.8 Å². The van der Waals surface area contributed by atoms with E-state index in [-0.39, 0.29) is 24.0 Å². The SMILES string of the molecule is COc1ccc(NC(=O)CSc2nnc(COc3cccc(C(F)(F)F)c3)n2C)cc1. The fraction of sp³-hybridized carbons (Fsp3) is 0.250. The quantitative estimate of drug-likeness (QED) is 0.518. The van der Waals surface area contributed by atoms with Crippen LogP contribution in [0.25, 0.3) is 0 Å². The molecule has 1 N–H and O–H groups in total. The van der Waals surface area contributed by atoms with Gasteiger partial charge in [0.2, 0.25) is 5.91 Å². The summed E-state index contributed by atoms with van der Waals surface area (Å²) in [4.78, 5) is 12.1. The molecule has 0 fully saturated rings. The van der Waals surface area contributed by atoms with Crippen molar-refractivity contribution in [2.24, 2.45) is 7.05 Å². The van der Waals surface area contributed by atoms with E-state index in [1.165, 1.54) is 23.9 Å². The van der Waals surface area contributed by atoms with Crippen LogP contribution in [-0.4, -0.2) is 33.5 Å². The average molecular weight is 452 g/mol. The van der Waals surface area contributed by atoms with Crippen molar-refractivity contribution in [3.63, 3.8) is 0 Å². The standard InChI is InChI=1S/C20H19F3N4O3S/c1-27-17(11-30-16-5-3-4-13(10-16)20(21,22)23)25-26-19(27)31-12-18(28)24-14-6-8-15(29-2)9-7-14/h3-10H,11-12H2,1-2H3,(H,24,28). The summed E-state index contributed by atoms with van der Waals surface area (Å²) >= 11 is 1.18. The molecule has 1 heterocycles. The Morgan fingerprint density at radius 3 is 2.55 bits per heavy atom. The Hall–Kier alpha value is -3.21. The van der Waals surface area contributed by atoms with Crippen molar-refractivity contribution in [2.75, 3.05) is 18.2 Å². The van der Waals surface area contributed by atoms with Crippen molar-refractivity contribution in [3.8, 4) is 11.5 Å². The molecule has 3 rings (SSSR count). The van der Waals surface area contributed by atoms with Gasteiger partial charge in [0.15, 0.2) is 11.0 Å². The van der Waals surface area contributed by atoms with Crippen LogP contribution in [0.15, 0.2) is 53.7 Å². The highest BCUT2D eigenvalue weighted by Crippen LogP contribution is 2.31. The number of ether oxygens (including phenoxy) is 2. The lowest BCUT2D eigenvalue weighted by atomic mass is 10.2. The number of nitrogens with one attached hydrogen (secondary N) is 1. The molecular weight excluding hydrogens is 433 g/mol. The topological polar surface area (TPSA) is 78.3 Å². The van der Waals surface area contributed by atoms with E-state index in [0.29, 0.717) is 22.4 Å². The molecule has 0 unspecified atom stereocenters. The number of carbonyl (C=O) groups is 1. The number of hydrogen-bond acceptors (Lipinski definition) is 6. The lowest BCUT2D eigenvalue weighted by molar-refractivity contribution is -0.137. The van der Waals surface area contributed by atoms with Crippen molar-refractivity contribution in [1.29, 1.82) is 0 Å². The number of alkyl halides is 3. The Kier molecular flexibility index (Phi) is 7.06. The second-order valence-electron chi connectivity index (χ2n) is 6.34. The van der Waals surface area contributed by atoms with Gasteiger partial charge in [-0.05, 0) is 42.5 Å². The zero-order valence-electron chi connectivity index (χ0n) is 16.6. The lowest BCUT2D eigenvalue weighted by Crippen LogP contribution is -2.14. The van der Waals surface area contributed by atoms with E-state index in [9.17, 15) is 18.0 Å². The number of aromatic nitrogens is 3. The summed E-state index contributed by atoms with van der Waals surface area (Å²) in [6.07, 6.45) is -4.44. The first-order valence-corrected chi connectivity index (χ1v) is 10.00. The number of methoxy groups -OCH3 is 1. The number of benzene rings is 2. The van der Waals surface area contributed by atoms with Crippen LogP contribution < -0.4 is 14.8 Å². The monoisotopic (exact) mass is 452 g/mol. The molecule has 1 amide bonds. The first-order valence-electron chi connectivity index (χ1n) is 9.01. The van der Waals surface area contributed by atoms with Crippen molar-refractivity contribution >= 4 is 23.4 Å². The summed E-state index contributed by atoms with van der Waals surface area (Å²) in [5.74, 6) is 1.06. The van der Waals surface area contributed by atoms with E-state index in [1.807, 2.05) is 0 Å². The molecule has 0 aliphatic rings. The third-order valence-corrected chi connectivity index (χ3v) is 5.18. The van der Waals surface area contributed by atoms with Gasteiger partial charge in [-0.2, -0.15) is 13.2 Å². The molecule has 0 saturated carbocycles. The normalized spacial score (nSPS) is 11.3. The van der Waals surface area contributed by atoms with Gasteiger partial charge in [-0.3, -0.25) is 4.79 Å².